The number of fused-ring (bicyclic) bond motifs is 1. The first-order valence-corrected chi connectivity index (χ1v) is 5.97. The van der Waals surface area contributed by atoms with Crippen molar-refractivity contribution < 1.29 is 4.79 Å². The second kappa shape index (κ2) is 4.28. The molecule has 0 saturated heterocycles. The summed E-state index contributed by atoms with van der Waals surface area (Å²) in [6, 6.07) is 0. The van der Waals surface area contributed by atoms with E-state index in [1.165, 1.54) is 11.3 Å². The van der Waals surface area contributed by atoms with Gasteiger partial charge in [-0.1, -0.05) is 20.8 Å². The summed E-state index contributed by atoms with van der Waals surface area (Å²) in [5, 5.41) is 7.37. The molecule has 1 N–H and O–H groups in total. The first kappa shape index (κ1) is 11.2. The van der Waals surface area contributed by atoms with Crippen molar-refractivity contribution in [2.45, 2.75) is 40.2 Å². The Kier molecular flexibility index (Phi) is 2.99. The number of rotatable bonds is 2. The molecule has 0 atom stereocenters. The summed E-state index contributed by atoms with van der Waals surface area (Å²) in [7, 11) is 0. The summed E-state index contributed by atoms with van der Waals surface area (Å²) >= 11 is 0. The van der Waals surface area contributed by atoms with E-state index in [9.17, 15) is 4.79 Å². The zero-order valence-electron chi connectivity index (χ0n) is 10.2. The average molecular weight is 221 g/mol. The van der Waals surface area contributed by atoms with E-state index in [-0.39, 0.29) is 11.8 Å². The number of nitrogens with one attached hydrogen (secondary N) is 1. The number of aromatic amines is 1. The van der Waals surface area contributed by atoms with E-state index < -0.39 is 0 Å². The first-order chi connectivity index (χ1) is 7.63. The number of hydrogen-bond donors (Lipinski definition) is 1. The lowest BCUT2D eigenvalue weighted by atomic mass is 10.0. The maximum absolute atomic E-state index is 11.9. The van der Waals surface area contributed by atoms with E-state index in [4.69, 9.17) is 0 Å². The molecule has 1 amide bonds. The van der Waals surface area contributed by atoms with Crippen LogP contribution in [0, 0.1) is 5.92 Å². The molecule has 1 aromatic rings. The largest absolute Gasteiger partial charge is 0.338 e. The van der Waals surface area contributed by atoms with Crippen LogP contribution in [0.1, 0.15) is 37.7 Å². The Balaban J connectivity index is 2.19. The van der Waals surface area contributed by atoms with Crippen molar-refractivity contribution in [3.8, 4) is 0 Å². The van der Waals surface area contributed by atoms with Gasteiger partial charge in [-0.25, -0.2) is 0 Å². The highest BCUT2D eigenvalue weighted by atomic mass is 16.2. The lowest BCUT2D eigenvalue weighted by Gasteiger charge is -2.28. The third-order valence-corrected chi connectivity index (χ3v) is 3.16. The molecule has 4 nitrogen and oxygen atoms in total. The number of carbonyl (C=O) groups excluding carboxylic acids is 1. The van der Waals surface area contributed by atoms with Crippen molar-refractivity contribution >= 4 is 5.91 Å². The molecule has 88 valence electrons. The van der Waals surface area contributed by atoms with E-state index in [1.54, 1.807) is 0 Å². The van der Waals surface area contributed by atoms with Crippen molar-refractivity contribution in [2.24, 2.45) is 5.92 Å². The van der Waals surface area contributed by atoms with Gasteiger partial charge in [-0.2, -0.15) is 5.10 Å². The molecule has 2 heterocycles. The normalized spacial score (nSPS) is 15.4. The third kappa shape index (κ3) is 1.84. The minimum Gasteiger partial charge on any atom is -0.338 e. The standard InChI is InChI=1S/C12H19N3O/c1-4-10-9-7-15(12(16)8(2)3)6-5-11(9)14-13-10/h8H,4-7H2,1-3H3,(H,13,14). The van der Waals surface area contributed by atoms with E-state index in [1.807, 2.05) is 18.7 Å². The summed E-state index contributed by atoms with van der Waals surface area (Å²) in [4.78, 5) is 13.9. The Hall–Kier alpha value is -1.32. The third-order valence-electron chi connectivity index (χ3n) is 3.16. The van der Waals surface area contributed by atoms with Crippen molar-refractivity contribution in [1.29, 1.82) is 0 Å². The Morgan fingerprint density at radius 1 is 1.56 bits per heavy atom. The molecule has 0 unspecified atom stereocenters. The number of nitrogens with zero attached hydrogens (tertiary/aromatic N) is 2. The van der Waals surface area contributed by atoms with Gasteiger partial charge in [-0.3, -0.25) is 9.89 Å². The number of carbonyl (C=O) groups is 1. The van der Waals surface area contributed by atoms with Crippen LogP contribution in [0.5, 0.6) is 0 Å². The van der Waals surface area contributed by atoms with Crippen molar-refractivity contribution in [3.05, 3.63) is 17.0 Å². The van der Waals surface area contributed by atoms with Gasteiger partial charge in [0.2, 0.25) is 5.91 Å². The highest BCUT2D eigenvalue weighted by Crippen LogP contribution is 2.21. The maximum Gasteiger partial charge on any atom is 0.225 e. The Morgan fingerprint density at radius 2 is 2.31 bits per heavy atom. The average Bonchev–Trinajstić information content (AvgIpc) is 2.69. The molecule has 0 aromatic carbocycles. The van der Waals surface area contributed by atoms with Crippen LogP contribution in [-0.4, -0.2) is 27.5 Å². The monoisotopic (exact) mass is 221 g/mol. The van der Waals surface area contributed by atoms with Gasteiger partial charge in [0.15, 0.2) is 0 Å². The molecular formula is C12H19N3O. The second-order valence-electron chi connectivity index (χ2n) is 4.65. The molecule has 1 aliphatic heterocycles. The highest BCUT2D eigenvalue weighted by molar-refractivity contribution is 5.78. The number of amides is 1. The van der Waals surface area contributed by atoms with E-state index in [2.05, 4.69) is 17.1 Å². The molecule has 0 aliphatic carbocycles. The Bertz CT molecular complexity index is 381. The number of H-pyrrole nitrogens is 1. The summed E-state index contributed by atoms with van der Waals surface area (Å²) in [6.45, 7) is 7.54. The maximum atomic E-state index is 11.9. The molecule has 2 rings (SSSR count). The van der Waals surface area contributed by atoms with E-state index >= 15 is 0 Å². The molecule has 0 fully saturated rings. The fraction of sp³-hybridized carbons (Fsp3) is 0.667. The van der Waals surface area contributed by atoms with Gasteiger partial charge in [-0.05, 0) is 6.42 Å². The van der Waals surface area contributed by atoms with Crippen LogP contribution in [0.25, 0.3) is 0 Å². The summed E-state index contributed by atoms with van der Waals surface area (Å²) in [6.07, 6.45) is 1.83. The van der Waals surface area contributed by atoms with Crippen molar-refractivity contribution in [1.82, 2.24) is 15.1 Å². The molecule has 0 saturated carbocycles. The van der Waals surface area contributed by atoms with Crippen LogP contribution in [0.4, 0.5) is 0 Å². The molecule has 0 spiro atoms. The molecule has 1 aliphatic rings. The summed E-state index contributed by atoms with van der Waals surface area (Å²) < 4.78 is 0. The van der Waals surface area contributed by atoms with Crippen molar-refractivity contribution in [2.75, 3.05) is 6.54 Å². The van der Waals surface area contributed by atoms with Crippen LogP contribution >= 0.6 is 0 Å². The SMILES string of the molecule is CCc1n[nH]c2c1CN(C(=O)C(C)C)CC2. The minimum absolute atomic E-state index is 0.0820. The zero-order valence-corrected chi connectivity index (χ0v) is 10.2. The van der Waals surface area contributed by atoms with Crippen LogP contribution in [0.2, 0.25) is 0 Å². The van der Waals surface area contributed by atoms with Crippen LogP contribution < -0.4 is 0 Å². The van der Waals surface area contributed by atoms with Gasteiger partial charge in [0.1, 0.15) is 0 Å². The van der Waals surface area contributed by atoms with Gasteiger partial charge in [0.25, 0.3) is 0 Å². The Labute approximate surface area is 96.0 Å². The predicted molar refractivity (Wildman–Crippen MR) is 61.9 cm³/mol. The first-order valence-electron chi connectivity index (χ1n) is 5.97. The fourth-order valence-electron chi connectivity index (χ4n) is 2.20. The van der Waals surface area contributed by atoms with Crippen LogP contribution in [0.3, 0.4) is 0 Å². The molecule has 0 bridgehead atoms. The quantitative estimate of drug-likeness (QED) is 0.823. The van der Waals surface area contributed by atoms with Crippen LogP contribution in [-0.2, 0) is 24.2 Å². The minimum atomic E-state index is 0.0820. The topological polar surface area (TPSA) is 49.0 Å². The lowest BCUT2D eigenvalue weighted by molar-refractivity contribution is -0.135. The molecule has 4 heteroatoms. The second-order valence-corrected chi connectivity index (χ2v) is 4.65. The molecule has 16 heavy (non-hydrogen) atoms. The van der Waals surface area contributed by atoms with E-state index in [0.29, 0.717) is 0 Å². The zero-order chi connectivity index (χ0) is 11.7. The molecule has 1 aromatic heterocycles. The fourth-order valence-corrected chi connectivity index (χ4v) is 2.20. The van der Waals surface area contributed by atoms with Gasteiger partial charge >= 0.3 is 0 Å². The summed E-state index contributed by atoms with van der Waals surface area (Å²) in [5.74, 6) is 0.326. The predicted octanol–water partition coefficient (Wildman–Crippen LogP) is 1.51. The smallest absolute Gasteiger partial charge is 0.225 e. The highest BCUT2D eigenvalue weighted by Gasteiger charge is 2.25. The van der Waals surface area contributed by atoms with Gasteiger partial charge in [-0.15, -0.1) is 0 Å². The number of hydrogen-bond acceptors (Lipinski definition) is 2. The Morgan fingerprint density at radius 3 is 2.94 bits per heavy atom. The molecule has 0 radical (unpaired) electrons. The number of aromatic nitrogens is 2. The molecular weight excluding hydrogens is 202 g/mol. The van der Waals surface area contributed by atoms with Gasteiger partial charge in [0.05, 0.1) is 5.69 Å². The lowest BCUT2D eigenvalue weighted by Crippen LogP contribution is -2.38. The van der Waals surface area contributed by atoms with Crippen molar-refractivity contribution in [3.63, 3.8) is 0 Å². The van der Waals surface area contributed by atoms with Gasteiger partial charge < -0.3 is 4.90 Å². The van der Waals surface area contributed by atoms with Gasteiger partial charge in [0, 0.05) is 36.7 Å². The van der Waals surface area contributed by atoms with E-state index in [0.717, 1.165) is 31.6 Å². The van der Waals surface area contributed by atoms with Crippen LogP contribution in [0.15, 0.2) is 0 Å². The summed E-state index contributed by atoms with van der Waals surface area (Å²) in [5.41, 5.74) is 3.56. The number of aryl methyl sites for hydroxylation is 1.